The Labute approximate surface area is 168 Å². The van der Waals surface area contributed by atoms with Gasteiger partial charge in [0, 0.05) is 15.8 Å². The number of hydrogen-bond donors (Lipinski definition) is 1. The third-order valence-corrected chi connectivity index (χ3v) is 5.74. The number of nitrogens with zero attached hydrogens (tertiary/aromatic N) is 2. The number of amides is 1. The summed E-state index contributed by atoms with van der Waals surface area (Å²) < 4.78 is 6.12. The van der Waals surface area contributed by atoms with Gasteiger partial charge in [0.1, 0.15) is 5.75 Å². The molecule has 0 radical (unpaired) electrons. The van der Waals surface area contributed by atoms with Crippen molar-refractivity contribution in [3.8, 4) is 5.75 Å². The van der Waals surface area contributed by atoms with E-state index in [2.05, 4.69) is 15.5 Å². The highest BCUT2D eigenvalue weighted by atomic mass is 35.5. The van der Waals surface area contributed by atoms with Crippen LogP contribution in [0.2, 0.25) is 10.0 Å². The van der Waals surface area contributed by atoms with E-state index in [1.165, 1.54) is 23.1 Å². The van der Waals surface area contributed by atoms with E-state index in [1.54, 1.807) is 24.3 Å². The Balaban J connectivity index is 1.48. The molecular formula is C17H13Cl2N3O2S2. The summed E-state index contributed by atoms with van der Waals surface area (Å²) in [6.07, 6.45) is 0. The van der Waals surface area contributed by atoms with Crippen LogP contribution in [0.4, 0.5) is 5.13 Å². The number of ether oxygens (including phenoxy) is 1. The van der Waals surface area contributed by atoms with Crippen LogP contribution in [0, 0.1) is 0 Å². The lowest BCUT2D eigenvalue weighted by molar-refractivity contribution is -0.118. The van der Waals surface area contributed by atoms with E-state index in [0.29, 0.717) is 26.7 Å². The number of carbonyl (C=O) groups is 1. The normalized spacial score (nSPS) is 10.5. The van der Waals surface area contributed by atoms with Crippen molar-refractivity contribution in [2.75, 3.05) is 11.9 Å². The van der Waals surface area contributed by atoms with Crippen LogP contribution in [0.15, 0.2) is 52.9 Å². The molecular weight excluding hydrogens is 413 g/mol. The summed E-state index contributed by atoms with van der Waals surface area (Å²) in [7, 11) is 0. The largest absolute Gasteiger partial charge is 0.484 e. The van der Waals surface area contributed by atoms with Gasteiger partial charge in [-0.05, 0) is 29.8 Å². The summed E-state index contributed by atoms with van der Waals surface area (Å²) in [5.41, 5.74) is 0.957. The molecule has 1 N–H and O–H groups in total. The van der Waals surface area contributed by atoms with E-state index >= 15 is 0 Å². The molecule has 0 fully saturated rings. The highest BCUT2D eigenvalue weighted by Gasteiger charge is 2.10. The number of halogens is 2. The number of thioether (sulfide) groups is 1. The molecule has 1 amide bonds. The summed E-state index contributed by atoms with van der Waals surface area (Å²) in [5.74, 6) is 0.980. The highest BCUT2D eigenvalue weighted by Crippen LogP contribution is 2.31. The predicted molar refractivity (Wildman–Crippen MR) is 106 cm³/mol. The molecule has 3 aromatic rings. The van der Waals surface area contributed by atoms with Gasteiger partial charge in [0.15, 0.2) is 10.9 Å². The van der Waals surface area contributed by atoms with Gasteiger partial charge in [-0.15, -0.1) is 10.2 Å². The van der Waals surface area contributed by atoms with Gasteiger partial charge in [0.25, 0.3) is 5.91 Å². The zero-order valence-corrected chi connectivity index (χ0v) is 16.5. The molecule has 0 saturated heterocycles. The summed E-state index contributed by atoms with van der Waals surface area (Å²) >= 11 is 14.8. The fraction of sp³-hybridized carbons (Fsp3) is 0.118. The molecule has 0 aliphatic rings. The summed E-state index contributed by atoms with van der Waals surface area (Å²) in [5, 5.41) is 12.3. The van der Waals surface area contributed by atoms with Crippen LogP contribution in [-0.4, -0.2) is 22.7 Å². The first-order valence-electron chi connectivity index (χ1n) is 7.48. The maximum Gasteiger partial charge on any atom is 0.264 e. The number of benzene rings is 2. The Bertz CT molecular complexity index is 891. The van der Waals surface area contributed by atoms with Crippen LogP contribution < -0.4 is 10.1 Å². The molecule has 9 heteroatoms. The van der Waals surface area contributed by atoms with Crippen LogP contribution in [-0.2, 0) is 10.5 Å². The lowest BCUT2D eigenvalue weighted by Crippen LogP contribution is -2.20. The lowest BCUT2D eigenvalue weighted by atomic mass is 10.2. The molecule has 134 valence electrons. The van der Waals surface area contributed by atoms with Crippen molar-refractivity contribution in [3.05, 3.63) is 64.1 Å². The van der Waals surface area contributed by atoms with E-state index in [1.807, 2.05) is 24.3 Å². The minimum atomic E-state index is -0.290. The summed E-state index contributed by atoms with van der Waals surface area (Å²) in [6, 6.07) is 14.5. The topological polar surface area (TPSA) is 64.1 Å². The molecule has 3 rings (SSSR count). The molecule has 0 aliphatic heterocycles. The average molecular weight is 426 g/mol. The standard InChI is InChI=1S/C17H13Cl2N3O2S2/c18-12-7-6-11(14(19)8-12)10-25-17-22-21-16(26-17)20-15(23)9-24-13-4-2-1-3-5-13/h1-8H,9-10H2,(H,20,21,23). The van der Waals surface area contributed by atoms with Gasteiger partial charge in [0.05, 0.1) is 0 Å². The lowest BCUT2D eigenvalue weighted by Gasteiger charge is -2.04. The maximum atomic E-state index is 11.9. The molecule has 0 unspecified atom stereocenters. The molecule has 5 nitrogen and oxygen atoms in total. The minimum Gasteiger partial charge on any atom is -0.484 e. The Hall–Kier alpha value is -1.80. The molecule has 0 spiro atoms. The SMILES string of the molecule is O=C(COc1ccccc1)Nc1nnc(SCc2ccc(Cl)cc2Cl)s1. The van der Waals surface area contributed by atoms with Crippen molar-refractivity contribution in [3.63, 3.8) is 0 Å². The van der Waals surface area contributed by atoms with Crippen LogP contribution >= 0.6 is 46.3 Å². The second-order valence-electron chi connectivity index (χ2n) is 5.05. The van der Waals surface area contributed by atoms with Gasteiger partial charge in [-0.2, -0.15) is 0 Å². The van der Waals surface area contributed by atoms with Crippen LogP contribution in [0.3, 0.4) is 0 Å². The van der Waals surface area contributed by atoms with Crippen molar-refractivity contribution < 1.29 is 9.53 Å². The van der Waals surface area contributed by atoms with E-state index in [9.17, 15) is 4.79 Å². The Kier molecular flexibility index (Phi) is 6.73. The van der Waals surface area contributed by atoms with Crippen molar-refractivity contribution in [2.45, 2.75) is 10.1 Å². The average Bonchev–Trinajstić information content (AvgIpc) is 3.07. The number of carbonyl (C=O) groups excluding carboxylic acids is 1. The number of rotatable bonds is 7. The van der Waals surface area contributed by atoms with Gasteiger partial charge in [0.2, 0.25) is 5.13 Å². The molecule has 0 bridgehead atoms. The van der Waals surface area contributed by atoms with Gasteiger partial charge < -0.3 is 4.74 Å². The number of anilines is 1. The molecule has 0 atom stereocenters. The summed E-state index contributed by atoms with van der Waals surface area (Å²) in [4.78, 5) is 11.9. The monoisotopic (exact) mass is 425 g/mol. The first-order valence-corrected chi connectivity index (χ1v) is 10.0. The van der Waals surface area contributed by atoms with Gasteiger partial charge >= 0.3 is 0 Å². The fourth-order valence-corrected chi connectivity index (χ4v) is 4.24. The van der Waals surface area contributed by atoms with Crippen LogP contribution in [0.5, 0.6) is 5.75 Å². The third-order valence-electron chi connectivity index (χ3n) is 3.13. The third kappa shape index (κ3) is 5.60. The first kappa shape index (κ1) is 19.0. The smallest absolute Gasteiger partial charge is 0.264 e. The van der Waals surface area contributed by atoms with E-state index < -0.39 is 0 Å². The number of hydrogen-bond acceptors (Lipinski definition) is 6. The molecule has 0 aliphatic carbocycles. The van der Waals surface area contributed by atoms with Crippen molar-refractivity contribution in [2.24, 2.45) is 0 Å². The zero-order valence-electron chi connectivity index (χ0n) is 13.3. The molecule has 0 saturated carbocycles. The van der Waals surface area contributed by atoms with Gasteiger partial charge in [-0.3, -0.25) is 10.1 Å². The minimum absolute atomic E-state index is 0.0908. The molecule has 26 heavy (non-hydrogen) atoms. The summed E-state index contributed by atoms with van der Waals surface area (Å²) in [6.45, 7) is -0.0908. The van der Waals surface area contributed by atoms with Crippen LogP contribution in [0.1, 0.15) is 5.56 Å². The highest BCUT2D eigenvalue weighted by molar-refractivity contribution is 8.00. The predicted octanol–water partition coefficient (Wildman–Crippen LogP) is 5.15. The first-order chi connectivity index (χ1) is 12.6. The Morgan fingerprint density at radius 1 is 1.15 bits per heavy atom. The second-order valence-corrected chi connectivity index (χ2v) is 8.09. The Morgan fingerprint density at radius 2 is 1.96 bits per heavy atom. The second kappa shape index (κ2) is 9.23. The fourth-order valence-electron chi connectivity index (χ4n) is 1.92. The van der Waals surface area contributed by atoms with Crippen molar-refractivity contribution in [1.82, 2.24) is 10.2 Å². The number of para-hydroxylation sites is 1. The zero-order chi connectivity index (χ0) is 18.4. The van der Waals surface area contributed by atoms with Crippen LogP contribution in [0.25, 0.3) is 0 Å². The van der Waals surface area contributed by atoms with Crippen molar-refractivity contribution >= 4 is 57.3 Å². The van der Waals surface area contributed by atoms with E-state index in [4.69, 9.17) is 27.9 Å². The Morgan fingerprint density at radius 3 is 2.73 bits per heavy atom. The molecule has 1 aromatic heterocycles. The maximum absolute atomic E-state index is 11.9. The van der Waals surface area contributed by atoms with Crippen molar-refractivity contribution in [1.29, 1.82) is 0 Å². The van der Waals surface area contributed by atoms with E-state index in [-0.39, 0.29) is 12.5 Å². The van der Waals surface area contributed by atoms with Gasteiger partial charge in [-0.25, -0.2) is 0 Å². The number of nitrogens with one attached hydrogen (secondary N) is 1. The molecule has 2 aromatic carbocycles. The van der Waals surface area contributed by atoms with Gasteiger partial charge in [-0.1, -0.05) is 70.6 Å². The quantitative estimate of drug-likeness (QED) is 0.418. The van der Waals surface area contributed by atoms with E-state index in [0.717, 1.165) is 9.90 Å². The molecule has 1 heterocycles. The number of aromatic nitrogens is 2.